The van der Waals surface area contributed by atoms with Gasteiger partial charge in [0.2, 0.25) is 5.79 Å². The Labute approximate surface area is 388 Å². The van der Waals surface area contributed by atoms with Crippen LogP contribution in [0.1, 0.15) is 82.8 Å². The Balaban J connectivity index is 1.43. The maximum atomic E-state index is 14.2. The summed E-state index contributed by atoms with van der Waals surface area (Å²) in [5, 5.41) is 27.5. The van der Waals surface area contributed by atoms with E-state index in [1.165, 1.54) is 12.0 Å². The zero-order chi connectivity index (χ0) is 47.3. The minimum absolute atomic E-state index is 0.0000696. The quantitative estimate of drug-likeness (QED) is 0.0496. The number of nitrogens with zero attached hydrogens (tertiary/aromatic N) is 2. The van der Waals surface area contributed by atoms with Crippen molar-refractivity contribution in [1.82, 2.24) is 4.90 Å². The van der Waals surface area contributed by atoms with E-state index in [2.05, 4.69) is 18.0 Å². The number of oxime groups is 1. The van der Waals surface area contributed by atoms with Gasteiger partial charge in [0.05, 0.1) is 51.4 Å². The number of ether oxygens (including phenoxy) is 7. The summed E-state index contributed by atoms with van der Waals surface area (Å²) in [5.74, 6) is -0.728. The Kier molecular flexibility index (Phi) is 17.5. The summed E-state index contributed by atoms with van der Waals surface area (Å²) in [4.78, 5) is 35.4. The van der Waals surface area contributed by atoms with Crippen LogP contribution in [-0.4, -0.2) is 105 Å². The zero-order valence-corrected chi connectivity index (χ0v) is 39.2. The standard InChI is InChI=1S/C51H67N3O12/c1-8-26-63-51-45(54(5)49(58)62-28-27-61-33-34-16-10-9-11-17-34)32-42(53-66-50(2,3)4)39-29-35(18-12-14-24-55)38(19-13-15-25-56)46(47(39)51)40-30-37(21-23-43(40)65-51)64-48(57)52-41-22-20-36(59-6)31-44(41)60-7/h8-11,16-17,20-23,29-31,35,38,45-47,55-56H,1,12-15,18-19,24-28,32-33H2,2-7H3,(H,52,57)/t35-,38+,45-,46+,47+,51+/m0/s1. The summed E-state index contributed by atoms with van der Waals surface area (Å²) in [7, 11) is 4.72. The van der Waals surface area contributed by atoms with Gasteiger partial charge in [-0.1, -0.05) is 60.5 Å². The highest BCUT2D eigenvalue weighted by atomic mass is 16.7. The van der Waals surface area contributed by atoms with Gasteiger partial charge in [-0.3, -0.25) is 5.32 Å². The van der Waals surface area contributed by atoms with Gasteiger partial charge in [0.1, 0.15) is 41.2 Å². The van der Waals surface area contributed by atoms with E-state index in [1.54, 1.807) is 50.6 Å². The first-order chi connectivity index (χ1) is 31.9. The molecule has 15 heteroatoms. The summed E-state index contributed by atoms with van der Waals surface area (Å²) in [6, 6.07) is 19.3. The van der Waals surface area contributed by atoms with Crippen molar-refractivity contribution < 1.29 is 57.8 Å². The number of rotatable bonds is 22. The predicted molar refractivity (Wildman–Crippen MR) is 250 cm³/mol. The Morgan fingerprint density at radius 1 is 0.955 bits per heavy atom. The van der Waals surface area contributed by atoms with Crippen molar-refractivity contribution in [2.75, 3.05) is 59.6 Å². The second kappa shape index (κ2) is 23.2. The van der Waals surface area contributed by atoms with E-state index in [1.807, 2.05) is 57.2 Å². The number of aliphatic hydroxyl groups excluding tert-OH is 2. The van der Waals surface area contributed by atoms with Gasteiger partial charge in [-0.15, -0.1) is 6.58 Å². The Hall–Kier alpha value is -5.61. The normalized spacial score (nSPS) is 22.5. The number of unbranched alkanes of at least 4 members (excludes halogenated alkanes) is 2. The molecule has 15 nitrogen and oxygen atoms in total. The lowest BCUT2D eigenvalue weighted by Crippen LogP contribution is -2.69. The summed E-state index contributed by atoms with van der Waals surface area (Å²) < 4.78 is 42.6. The molecule has 0 aromatic heterocycles. The van der Waals surface area contributed by atoms with Gasteiger partial charge >= 0.3 is 12.2 Å². The van der Waals surface area contributed by atoms with E-state index in [0.29, 0.717) is 48.1 Å². The molecule has 66 heavy (non-hydrogen) atoms. The van der Waals surface area contributed by atoms with Crippen molar-refractivity contribution in [2.45, 2.75) is 95.7 Å². The average Bonchev–Trinajstić information content (AvgIpc) is 3.31. The first kappa shape index (κ1) is 49.8. The van der Waals surface area contributed by atoms with Crippen molar-refractivity contribution in [1.29, 1.82) is 0 Å². The van der Waals surface area contributed by atoms with Crippen LogP contribution in [0, 0.1) is 17.8 Å². The molecule has 0 bridgehead atoms. The molecule has 3 aromatic carbocycles. The monoisotopic (exact) mass is 913 g/mol. The SMILES string of the molecule is C=CCO[C@@]12Oc3ccc(OC(=O)Nc4ccc(OC)cc4OC)cc3[C@H]3[C@H](CCCCO)[C@@H](CCCCO)C=C(C(=NOC(C)(C)C)C[C@@H]1N(C)C(=O)OCCOCc1ccccc1)[C@H]32. The largest absolute Gasteiger partial charge is 0.497 e. The molecule has 0 radical (unpaired) electrons. The lowest BCUT2D eigenvalue weighted by atomic mass is 9.55. The maximum absolute atomic E-state index is 14.2. The van der Waals surface area contributed by atoms with Gasteiger partial charge in [-0.2, -0.15) is 0 Å². The highest BCUT2D eigenvalue weighted by Gasteiger charge is 2.65. The third-order valence-corrected chi connectivity index (χ3v) is 12.3. The molecule has 3 aliphatic rings. The molecule has 1 saturated carbocycles. The molecule has 3 aromatic rings. The zero-order valence-electron chi connectivity index (χ0n) is 39.2. The summed E-state index contributed by atoms with van der Waals surface area (Å²) in [5.41, 5.74) is 3.06. The molecule has 0 saturated heterocycles. The molecule has 0 unspecified atom stereocenters. The average molecular weight is 914 g/mol. The predicted octanol–water partition coefficient (Wildman–Crippen LogP) is 9.03. The number of hydrogen-bond donors (Lipinski definition) is 3. The molecular formula is C51H67N3O12. The van der Waals surface area contributed by atoms with E-state index in [0.717, 1.165) is 42.4 Å². The van der Waals surface area contributed by atoms with Crippen molar-refractivity contribution >= 4 is 23.6 Å². The molecule has 6 atom stereocenters. The minimum atomic E-state index is -1.49. The molecular weight excluding hydrogens is 847 g/mol. The lowest BCUT2D eigenvalue weighted by molar-refractivity contribution is -0.253. The molecule has 1 fully saturated rings. The lowest BCUT2D eigenvalue weighted by Gasteiger charge is -2.59. The summed E-state index contributed by atoms with van der Waals surface area (Å²) in [6.45, 7) is 10.6. The van der Waals surface area contributed by atoms with Gasteiger partial charge < -0.3 is 53.1 Å². The van der Waals surface area contributed by atoms with Gasteiger partial charge in [0.15, 0.2) is 0 Å². The van der Waals surface area contributed by atoms with E-state index < -0.39 is 35.5 Å². The Bertz CT molecular complexity index is 2160. The fourth-order valence-electron chi connectivity index (χ4n) is 9.31. The van der Waals surface area contributed by atoms with Gasteiger partial charge in [0, 0.05) is 44.2 Å². The van der Waals surface area contributed by atoms with Crippen LogP contribution in [0.15, 0.2) is 96.2 Å². The number of fused-ring (bicyclic) bond motifs is 2. The number of nitrogens with one attached hydrogen (secondary N) is 1. The number of methoxy groups -OCH3 is 2. The molecule has 6 rings (SSSR count). The first-order valence-electron chi connectivity index (χ1n) is 22.8. The van der Waals surface area contributed by atoms with Crippen LogP contribution in [0.4, 0.5) is 15.3 Å². The maximum Gasteiger partial charge on any atom is 0.417 e. The van der Waals surface area contributed by atoms with Crippen molar-refractivity contribution in [3.63, 3.8) is 0 Å². The van der Waals surface area contributed by atoms with Crippen LogP contribution in [0.25, 0.3) is 0 Å². The number of anilines is 1. The number of allylic oxidation sites excluding steroid dienone is 1. The fraction of sp³-hybridized carbons (Fsp3) is 0.510. The van der Waals surface area contributed by atoms with Crippen LogP contribution in [-0.2, 0) is 25.7 Å². The van der Waals surface area contributed by atoms with Crippen molar-refractivity contribution in [2.24, 2.45) is 22.9 Å². The van der Waals surface area contributed by atoms with E-state index in [-0.39, 0.29) is 63.0 Å². The van der Waals surface area contributed by atoms with Gasteiger partial charge in [-0.05, 0) is 99.8 Å². The molecule has 1 heterocycles. The molecule has 1 aliphatic heterocycles. The number of amides is 2. The Morgan fingerprint density at radius 2 is 1.70 bits per heavy atom. The van der Waals surface area contributed by atoms with Crippen LogP contribution in [0.3, 0.4) is 0 Å². The minimum Gasteiger partial charge on any atom is -0.497 e. The molecule has 0 spiro atoms. The van der Waals surface area contributed by atoms with Crippen LogP contribution >= 0.6 is 0 Å². The van der Waals surface area contributed by atoms with E-state index >= 15 is 0 Å². The molecule has 3 N–H and O–H groups in total. The number of carbonyl (C=O) groups excluding carboxylic acids is 2. The van der Waals surface area contributed by atoms with Crippen LogP contribution < -0.4 is 24.3 Å². The third-order valence-electron chi connectivity index (χ3n) is 12.3. The van der Waals surface area contributed by atoms with Crippen molar-refractivity contribution in [3.8, 4) is 23.0 Å². The summed E-state index contributed by atoms with van der Waals surface area (Å²) >= 11 is 0. The second-order valence-electron chi connectivity index (χ2n) is 17.8. The number of hydrogen-bond acceptors (Lipinski definition) is 13. The van der Waals surface area contributed by atoms with Crippen LogP contribution in [0.5, 0.6) is 23.0 Å². The van der Waals surface area contributed by atoms with Gasteiger partial charge in [0.25, 0.3) is 0 Å². The Morgan fingerprint density at radius 3 is 2.39 bits per heavy atom. The highest BCUT2D eigenvalue weighted by molar-refractivity contribution is 6.03. The van der Waals surface area contributed by atoms with Gasteiger partial charge in [-0.25, -0.2) is 9.59 Å². The molecule has 2 aliphatic carbocycles. The number of benzene rings is 3. The molecule has 358 valence electrons. The number of aliphatic hydroxyl groups is 2. The highest BCUT2D eigenvalue weighted by Crippen LogP contribution is 2.62. The molecule has 2 amide bonds. The third kappa shape index (κ3) is 12.0. The van der Waals surface area contributed by atoms with E-state index in [9.17, 15) is 19.8 Å². The second-order valence-corrected chi connectivity index (χ2v) is 17.8. The first-order valence-corrected chi connectivity index (χ1v) is 22.8. The summed E-state index contributed by atoms with van der Waals surface area (Å²) in [6.07, 6.45) is 7.03. The number of carbonyl (C=O) groups is 2. The fourth-order valence-corrected chi connectivity index (χ4v) is 9.31. The van der Waals surface area contributed by atoms with Crippen molar-refractivity contribution in [3.05, 3.63) is 102 Å². The van der Waals surface area contributed by atoms with E-state index in [4.69, 9.17) is 43.2 Å². The number of likely N-dealkylation sites (N-methyl/N-ethyl adjacent to an activating group) is 1. The topological polar surface area (TPSA) is 176 Å². The smallest absolute Gasteiger partial charge is 0.417 e. The van der Waals surface area contributed by atoms with Crippen LogP contribution in [0.2, 0.25) is 0 Å².